The molecule has 2 rings (SSSR count). The third-order valence-corrected chi connectivity index (χ3v) is 2.97. The molecule has 0 fully saturated rings. The van der Waals surface area contributed by atoms with E-state index in [4.69, 9.17) is 0 Å². The second-order valence-corrected chi connectivity index (χ2v) is 3.99. The summed E-state index contributed by atoms with van der Waals surface area (Å²) in [7, 11) is 0. The molecular formula is C12H16. The quantitative estimate of drug-likeness (QED) is 0.509. The van der Waals surface area contributed by atoms with E-state index in [1.807, 2.05) is 0 Å². The number of hydrogen-bond acceptors (Lipinski definition) is 0. The van der Waals surface area contributed by atoms with E-state index in [2.05, 4.69) is 38.2 Å². The summed E-state index contributed by atoms with van der Waals surface area (Å²) < 4.78 is 0. The van der Waals surface area contributed by atoms with Crippen molar-refractivity contribution >= 4 is 0 Å². The molecule has 0 aromatic heterocycles. The molecule has 0 heteroatoms. The first-order valence-electron chi connectivity index (χ1n) is 4.86. The molecule has 2 aliphatic rings. The highest BCUT2D eigenvalue weighted by molar-refractivity contribution is 5.42. The summed E-state index contributed by atoms with van der Waals surface area (Å²) in [6, 6.07) is 0. The van der Waals surface area contributed by atoms with Gasteiger partial charge in [0, 0.05) is 0 Å². The molecule has 0 bridgehead atoms. The van der Waals surface area contributed by atoms with E-state index in [-0.39, 0.29) is 0 Å². The maximum atomic E-state index is 2.34. The highest BCUT2D eigenvalue weighted by atomic mass is 14.3. The van der Waals surface area contributed by atoms with Crippen LogP contribution >= 0.6 is 0 Å². The Bertz CT molecular complexity index is 240. The van der Waals surface area contributed by atoms with Gasteiger partial charge in [-0.15, -0.1) is 0 Å². The van der Waals surface area contributed by atoms with Gasteiger partial charge in [0.25, 0.3) is 0 Å². The lowest BCUT2D eigenvalue weighted by Crippen LogP contribution is -2.14. The molecule has 0 heterocycles. The summed E-state index contributed by atoms with van der Waals surface area (Å²) in [5.74, 6) is 1.54. The highest BCUT2D eigenvalue weighted by Gasteiger charge is 2.21. The zero-order valence-electron chi connectivity index (χ0n) is 7.88. The second-order valence-electron chi connectivity index (χ2n) is 3.99. The van der Waals surface area contributed by atoms with Crippen LogP contribution in [0.4, 0.5) is 0 Å². The van der Waals surface area contributed by atoms with Crippen molar-refractivity contribution in [2.24, 2.45) is 11.8 Å². The zero-order chi connectivity index (χ0) is 8.55. The average Bonchev–Trinajstić information content (AvgIpc) is 2.04. The van der Waals surface area contributed by atoms with Crippen LogP contribution in [0.3, 0.4) is 0 Å². The summed E-state index contributed by atoms with van der Waals surface area (Å²) in [5, 5.41) is 0. The molecule has 0 amide bonds. The predicted octanol–water partition coefficient (Wildman–Crippen LogP) is 3.48. The molecule has 0 aliphatic heterocycles. The minimum atomic E-state index is 0.768. The van der Waals surface area contributed by atoms with E-state index >= 15 is 0 Å². The summed E-state index contributed by atoms with van der Waals surface area (Å²) in [4.78, 5) is 0. The van der Waals surface area contributed by atoms with Gasteiger partial charge in [-0.1, -0.05) is 43.7 Å². The Kier molecular flexibility index (Phi) is 1.92. The predicted molar refractivity (Wildman–Crippen MR) is 52.9 cm³/mol. The van der Waals surface area contributed by atoms with Gasteiger partial charge in [-0.2, -0.15) is 0 Å². The molecule has 12 heavy (non-hydrogen) atoms. The van der Waals surface area contributed by atoms with Crippen molar-refractivity contribution < 1.29 is 0 Å². The van der Waals surface area contributed by atoms with Crippen LogP contribution in [0.25, 0.3) is 0 Å². The van der Waals surface area contributed by atoms with Crippen LogP contribution in [0.2, 0.25) is 0 Å². The van der Waals surface area contributed by atoms with Crippen molar-refractivity contribution in [3.63, 3.8) is 0 Å². The lowest BCUT2D eigenvalue weighted by molar-refractivity contribution is 0.545. The van der Waals surface area contributed by atoms with Crippen molar-refractivity contribution in [2.75, 3.05) is 0 Å². The third-order valence-electron chi connectivity index (χ3n) is 2.97. The number of allylic oxidation sites excluding steroid dienone is 6. The van der Waals surface area contributed by atoms with Crippen LogP contribution in [-0.2, 0) is 0 Å². The Morgan fingerprint density at radius 1 is 1.00 bits per heavy atom. The van der Waals surface area contributed by atoms with Gasteiger partial charge in [0.1, 0.15) is 0 Å². The molecular weight excluding hydrogens is 144 g/mol. The van der Waals surface area contributed by atoms with Crippen LogP contribution in [0, 0.1) is 11.8 Å². The Morgan fingerprint density at radius 3 is 1.92 bits per heavy atom. The van der Waals surface area contributed by atoms with Gasteiger partial charge in [0.05, 0.1) is 0 Å². The van der Waals surface area contributed by atoms with Crippen molar-refractivity contribution in [1.29, 1.82) is 0 Å². The minimum absolute atomic E-state index is 0.768. The molecule has 2 unspecified atom stereocenters. The molecule has 0 aromatic rings. The lowest BCUT2D eigenvalue weighted by Gasteiger charge is -2.28. The molecule has 0 nitrogen and oxygen atoms in total. The maximum absolute atomic E-state index is 2.34. The first-order valence-corrected chi connectivity index (χ1v) is 4.86. The standard InChI is InChI=1S/C12H16/c1-9-5-3-7-11-8-4-6-10(2)12(9)11/h3-4,7-10H,5-6H2,1-2H3. The normalized spacial score (nSPS) is 33.8. The SMILES string of the molecule is CC1CC=CC2=C1C(C)CC=C2. The van der Waals surface area contributed by atoms with Gasteiger partial charge in [-0.05, 0) is 30.3 Å². The molecule has 0 aromatic carbocycles. The van der Waals surface area contributed by atoms with Gasteiger partial charge >= 0.3 is 0 Å². The van der Waals surface area contributed by atoms with Crippen molar-refractivity contribution in [3.05, 3.63) is 35.5 Å². The molecule has 0 saturated heterocycles. The third kappa shape index (κ3) is 1.16. The van der Waals surface area contributed by atoms with Gasteiger partial charge in [0.2, 0.25) is 0 Å². The van der Waals surface area contributed by atoms with E-state index in [1.165, 1.54) is 18.4 Å². The molecule has 2 aliphatic carbocycles. The zero-order valence-corrected chi connectivity index (χ0v) is 7.88. The fourth-order valence-corrected chi connectivity index (χ4v) is 2.35. The Hall–Kier alpha value is -0.780. The summed E-state index contributed by atoms with van der Waals surface area (Å²) in [6.45, 7) is 4.68. The second kappa shape index (κ2) is 2.93. The van der Waals surface area contributed by atoms with E-state index < -0.39 is 0 Å². The molecule has 64 valence electrons. The van der Waals surface area contributed by atoms with Gasteiger partial charge in [-0.25, -0.2) is 0 Å². The van der Waals surface area contributed by atoms with Crippen LogP contribution < -0.4 is 0 Å². The van der Waals surface area contributed by atoms with E-state index in [9.17, 15) is 0 Å². The van der Waals surface area contributed by atoms with Crippen LogP contribution in [0.5, 0.6) is 0 Å². The monoisotopic (exact) mass is 160 g/mol. The summed E-state index contributed by atoms with van der Waals surface area (Å²) in [5.41, 5.74) is 3.16. The summed E-state index contributed by atoms with van der Waals surface area (Å²) >= 11 is 0. The average molecular weight is 160 g/mol. The van der Waals surface area contributed by atoms with Crippen molar-refractivity contribution in [2.45, 2.75) is 26.7 Å². The highest BCUT2D eigenvalue weighted by Crippen LogP contribution is 2.35. The van der Waals surface area contributed by atoms with E-state index in [0.29, 0.717) is 0 Å². The van der Waals surface area contributed by atoms with Crippen molar-refractivity contribution in [1.82, 2.24) is 0 Å². The lowest BCUT2D eigenvalue weighted by atomic mass is 9.77. The molecule has 2 atom stereocenters. The van der Waals surface area contributed by atoms with Crippen LogP contribution in [0.15, 0.2) is 35.5 Å². The fraction of sp³-hybridized carbons (Fsp3) is 0.500. The summed E-state index contributed by atoms with van der Waals surface area (Å²) in [6.07, 6.45) is 11.6. The van der Waals surface area contributed by atoms with Crippen molar-refractivity contribution in [3.8, 4) is 0 Å². The largest absolute Gasteiger partial charge is 0.0834 e. The minimum Gasteiger partial charge on any atom is -0.0834 e. The Morgan fingerprint density at radius 2 is 1.50 bits per heavy atom. The molecule has 0 saturated carbocycles. The van der Waals surface area contributed by atoms with E-state index in [0.717, 1.165) is 11.8 Å². The number of hydrogen-bond donors (Lipinski definition) is 0. The topological polar surface area (TPSA) is 0 Å². The molecule has 0 spiro atoms. The fourth-order valence-electron chi connectivity index (χ4n) is 2.35. The van der Waals surface area contributed by atoms with Crippen LogP contribution in [-0.4, -0.2) is 0 Å². The van der Waals surface area contributed by atoms with Gasteiger partial charge < -0.3 is 0 Å². The van der Waals surface area contributed by atoms with Gasteiger partial charge in [0.15, 0.2) is 0 Å². The first-order chi connectivity index (χ1) is 5.79. The Balaban J connectivity index is 2.40. The maximum Gasteiger partial charge on any atom is -0.0185 e. The smallest absolute Gasteiger partial charge is 0.0185 e. The number of rotatable bonds is 0. The van der Waals surface area contributed by atoms with Crippen LogP contribution in [0.1, 0.15) is 26.7 Å². The van der Waals surface area contributed by atoms with E-state index in [1.54, 1.807) is 5.57 Å². The molecule has 0 N–H and O–H groups in total. The molecule has 0 radical (unpaired) electrons. The first kappa shape index (κ1) is 7.85. The Labute approximate surface area is 74.7 Å². The van der Waals surface area contributed by atoms with Gasteiger partial charge in [-0.3, -0.25) is 0 Å².